The number of nitrogens with two attached hydrogens (primary N) is 2. The average molecular weight is 277 g/mol. The third kappa shape index (κ3) is 5.08. The number of carbonyl (C=O) groups excluding carboxylic acids is 2. The molecule has 0 unspecified atom stereocenters. The molecule has 5 N–H and O–H groups in total. The van der Waals surface area contributed by atoms with Gasteiger partial charge in [-0.3, -0.25) is 9.59 Å². The number of halogens is 1. The highest BCUT2D eigenvalue weighted by atomic mass is 19.1. The van der Waals surface area contributed by atoms with Crippen LogP contribution in [0.1, 0.15) is 28.8 Å². The van der Waals surface area contributed by atoms with Crippen molar-refractivity contribution < 1.29 is 14.0 Å². The second-order valence-corrected chi connectivity index (χ2v) is 4.03. The minimum atomic E-state index is -0.573. The highest BCUT2D eigenvalue weighted by Crippen LogP contribution is 2.09. The fraction of sp³-hybridized carbons (Fsp3) is 0.286. The minimum Gasteiger partial charge on any atom is -0.370 e. The first-order valence-electron chi connectivity index (χ1n) is 6.09. The molecule has 0 saturated carbocycles. The standard InChI is InChI=1S/C14H16FN3O2/c15-12-9-11(6-5-10(12)3-1-7-16)14(20)18-8-2-4-13(17)19/h5-6,9H,2,4,7-8,16H2,(H2,17,19)(H,18,20). The second-order valence-electron chi connectivity index (χ2n) is 4.03. The van der Waals surface area contributed by atoms with Gasteiger partial charge in [-0.25, -0.2) is 4.39 Å². The van der Waals surface area contributed by atoms with Gasteiger partial charge in [0, 0.05) is 18.5 Å². The van der Waals surface area contributed by atoms with Gasteiger partial charge in [-0.15, -0.1) is 0 Å². The molecule has 0 bridgehead atoms. The van der Waals surface area contributed by atoms with Crippen LogP contribution in [0.5, 0.6) is 0 Å². The van der Waals surface area contributed by atoms with Crippen LogP contribution < -0.4 is 16.8 Å². The van der Waals surface area contributed by atoms with E-state index in [0.717, 1.165) is 6.07 Å². The molecule has 1 rings (SSSR count). The van der Waals surface area contributed by atoms with E-state index in [9.17, 15) is 14.0 Å². The van der Waals surface area contributed by atoms with E-state index in [4.69, 9.17) is 11.5 Å². The smallest absolute Gasteiger partial charge is 0.251 e. The SMILES string of the molecule is NCC#Cc1ccc(C(=O)NCCCC(N)=O)cc1F. The predicted octanol–water partition coefficient (Wildman–Crippen LogP) is 0.131. The van der Waals surface area contributed by atoms with E-state index in [0.29, 0.717) is 13.0 Å². The van der Waals surface area contributed by atoms with Crippen LogP contribution in [0.25, 0.3) is 0 Å². The predicted molar refractivity (Wildman–Crippen MR) is 73.1 cm³/mol. The zero-order chi connectivity index (χ0) is 15.0. The fourth-order valence-corrected chi connectivity index (χ4v) is 1.47. The van der Waals surface area contributed by atoms with Crippen LogP contribution in [0, 0.1) is 17.7 Å². The van der Waals surface area contributed by atoms with Crippen LogP contribution in [0.2, 0.25) is 0 Å². The number of hydrogen-bond acceptors (Lipinski definition) is 3. The number of rotatable bonds is 5. The Morgan fingerprint density at radius 3 is 2.70 bits per heavy atom. The molecule has 0 heterocycles. The largest absolute Gasteiger partial charge is 0.370 e. The summed E-state index contributed by atoms with van der Waals surface area (Å²) in [7, 11) is 0. The van der Waals surface area contributed by atoms with E-state index in [-0.39, 0.29) is 24.1 Å². The van der Waals surface area contributed by atoms with E-state index in [1.54, 1.807) is 0 Å². The van der Waals surface area contributed by atoms with Crippen LogP contribution >= 0.6 is 0 Å². The average Bonchev–Trinajstić information content (AvgIpc) is 2.41. The van der Waals surface area contributed by atoms with Crippen LogP contribution in [-0.2, 0) is 4.79 Å². The summed E-state index contributed by atoms with van der Waals surface area (Å²) in [5.41, 5.74) is 10.6. The Morgan fingerprint density at radius 2 is 2.10 bits per heavy atom. The molecule has 0 fully saturated rings. The van der Waals surface area contributed by atoms with Crippen molar-refractivity contribution in [3.8, 4) is 11.8 Å². The van der Waals surface area contributed by atoms with Crippen molar-refractivity contribution in [2.75, 3.05) is 13.1 Å². The Morgan fingerprint density at radius 1 is 1.35 bits per heavy atom. The molecular formula is C14H16FN3O2. The summed E-state index contributed by atoms with van der Waals surface area (Å²) in [6, 6.07) is 4.02. The number of benzene rings is 1. The van der Waals surface area contributed by atoms with Gasteiger partial charge in [-0.2, -0.15) is 0 Å². The molecule has 0 saturated heterocycles. The topological polar surface area (TPSA) is 98.2 Å². The first-order valence-corrected chi connectivity index (χ1v) is 6.09. The molecule has 5 nitrogen and oxygen atoms in total. The molecule has 2 amide bonds. The summed E-state index contributed by atoms with van der Waals surface area (Å²) < 4.78 is 13.6. The van der Waals surface area contributed by atoms with Gasteiger partial charge >= 0.3 is 0 Å². The summed E-state index contributed by atoms with van der Waals surface area (Å²) in [6.07, 6.45) is 0.645. The lowest BCUT2D eigenvalue weighted by Gasteiger charge is -2.05. The van der Waals surface area contributed by atoms with Crippen molar-refractivity contribution in [2.45, 2.75) is 12.8 Å². The van der Waals surface area contributed by atoms with Gasteiger partial charge < -0.3 is 16.8 Å². The minimum absolute atomic E-state index is 0.140. The normalized spacial score (nSPS) is 9.50. The molecule has 1 aromatic rings. The van der Waals surface area contributed by atoms with Crippen LogP contribution in [0.4, 0.5) is 4.39 Å². The molecule has 1 aromatic carbocycles. The maximum Gasteiger partial charge on any atom is 0.251 e. The Kier molecular flexibility index (Phi) is 6.20. The number of hydrogen-bond donors (Lipinski definition) is 3. The van der Waals surface area contributed by atoms with Crippen molar-refractivity contribution in [2.24, 2.45) is 11.5 Å². The molecular weight excluding hydrogens is 261 g/mol. The summed E-state index contributed by atoms with van der Waals surface area (Å²) in [4.78, 5) is 22.2. The van der Waals surface area contributed by atoms with E-state index in [1.165, 1.54) is 12.1 Å². The van der Waals surface area contributed by atoms with Crippen LogP contribution in [0.15, 0.2) is 18.2 Å². The Balaban J connectivity index is 2.61. The quantitative estimate of drug-likeness (QED) is 0.527. The molecule has 0 aromatic heterocycles. The van der Waals surface area contributed by atoms with Gasteiger partial charge in [-0.05, 0) is 24.6 Å². The lowest BCUT2D eigenvalue weighted by molar-refractivity contribution is -0.118. The molecule has 6 heteroatoms. The molecule has 0 aliphatic heterocycles. The van der Waals surface area contributed by atoms with Crippen LogP contribution in [-0.4, -0.2) is 24.9 Å². The van der Waals surface area contributed by atoms with Gasteiger partial charge in [0.2, 0.25) is 5.91 Å². The summed E-state index contributed by atoms with van der Waals surface area (Å²) in [5, 5.41) is 2.57. The first-order chi connectivity index (χ1) is 9.54. The third-order valence-electron chi connectivity index (χ3n) is 2.44. The zero-order valence-electron chi connectivity index (χ0n) is 10.9. The molecule has 0 aliphatic carbocycles. The second kappa shape index (κ2) is 7.92. The summed E-state index contributed by atoms with van der Waals surface area (Å²) in [5.74, 6) is 3.70. The third-order valence-corrected chi connectivity index (χ3v) is 2.44. The van der Waals surface area contributed by atoms with E-state index < -0.39 is 17.6 Å². The lowest BCUT2D eigenvalue weighted by atomic mass is 10.1. The molecule has 0 atom stereocenters. The van der Waals surface area contributed by atoms with Crippen molar-refractivity contribution in [3.05, 3.63) is 35.1 Å². The molecule has 0 radical (unpaired) electrons. The van der Waals surface area contributed by atoms with Gasteiger partial charge in [0.15, 0.2) is 0 Å². The highest BCUT2D eigenvalue weighted by Gasteiger charge is 2.08. The van der Waals surface area contributed by atoms with E-state index in [2.05, 4.69) is 17.2 Å². The van der Waals surface area contributed by atoms with E-state index in [1.807, 2.05) is 0 Å². The van der Waals surface area contributed by atoms with E-state index >= 15 is 0 Å². The number of carbonyl (C=O) groups is 2. The fourth-order valence-electron chi connectivity index (χ4n) is 1.47. The number of primary amides is 1. The zero-order valence-corrected chi connectivity index (χ0v) is 10.9. The summed E-state index contributed by atoms with van der Waals surface area (Å²) >= 11 is 0. The maximum absolute atomic E-state index is 13.6. The molecule has 106 valence electrons. The summed E-state index contributed by atoms with van der Waals surface area (Å²) in [6.45, 7) is 0.444. The monoisotopic (exact) mass is 277 g/mol. The Labute approximate surface area is 116 Å². The Hall–Kier alpha value is -2.39. The van der Waals surface area contributed by atoms with Gasteiger partial charge in [-0.1, -0.05) is 11.8 Å². The van der Waals surface area contributed by atoms with Gasteiger partial charge in [0.05, 0.1) is 12.1 Å². The number of amides is 2. The maximum atomic E-state index is 13.6. The van der Waals surface area contributed by atoms with Gasteiger partial charge in [0.1, 0.15) is 5.82 Å². The molecule has 20 heavy (non-hydrogen) atoms. The van der Waals surface area contributed by atoms with Gasteiger partial charge in [0.25, 0.3) is 5.91 Å². The van der Waals surface area contributed by atoms with Crippen molar-refractivity contribution in [3.63, 3.8) is 0 Å². The number of nitrogens with one attached hydrogen (secondary N) is 1. The van der Waals surface area contributed by atoms with Crippen molar-refractivity contribution >= 4 is 11.8 Å². The molecule has 0 aliphatic rings. The Bertz CT molecular complexity index is 561. The van der Waals surface area contributed by atoms with Crippen molar-refractivity contribution in [1.29, 1.82) is 0 Å². The van der Waals surface area contributed by atoms with Crippen LogP contribution in [0.3, 0.4) is 0 Å². The van der Waals surface area contributed by atoms with Crippen molar-refractivity contribution in [1.82, 2.24) is 5.32 Å². The highest BCUT2D eigenvalue weighted by molar-refractivity contribution is 5.94. The lowest BCUT2D eigenvalue weighted by Crippen LogP contribution is -2.25. The first kappa shape index (κ1) is 15.7. The molecule has 0 spiro atoms.